The molecule has 3 rings (SSSR count). The molecule has 0 aliphatic heterocycles. The third kappa shape index (κ3) is 3.26. The monoisotopic (exact) mass is 307 g/mol. The Morgan fingerprint density at radius 3 is 2.52 bits per heavy atom. The van der Waals surface area contributed by atoms with Gasteiger partial charge in [-0.05, 0) is 31.2 Å². The third-order valence-corrected chi connectivity index (χ3v) is 3.58. The summed E-state index contributed by atoms with van der Waals surface area (Å²) in [4.78, 5) is 9.37. The first-order valence-electron chi connectivity index (χ1n) is 7.94. The lowest BCUT2D eigenvalue weighted by Gasteiger charge is -2.15. The van der Waals surface area contributed by atoms with Gasteiger partial charge in [0.25, 0.3) is 0 Å². The van der Waals surface area contributed by atoms with E-state index in [9.17, 15) is 0 Å². The molecule has 4 heteroatoms. The van der Waals surface area contributed by atoms with Crippen LogP contribution in [0.5, 0.6) is 5.75 Å². The maximum Gasteiger partial charge on any atom is 0.142 e. The quantitative estimate of drug-likeness (QED) is 0.728. The fourth-order valence-corrected chi connectivity index (χ4v) is 2.43. The minimum absolute atomic E-state index is 0.266. The van der Waals surface area contributed by atoms with Crippen LogP contribution in [0.25, 0.3) is 10.9 Å². The van der Waals surface area contributed by atoms with E-state index in [0.717, 1.165) is 34.0 Å². The van der Waals surface area contributed by atoms with E-state index in [2.05, 4.69) is 24.1 Å². The molecule has 1 N–H and O–H groups in total. The van der Waals surface area contributed by atoms with Crippen LogP contribution in [0.2, 0.25) is 0 Å². The number of nitrogens with one attached hydrogen (secondary N) is 1. The van der Waals surface area contributed by atoms with Crippen LogP contribution in [0, 0.1) is 0 Å². The van der Waals surface area contributed by atoms with Gasteiger partial charge in [0.05, 0.1) is 17.8 Å². The number of hydrogen-bond donors (Lipinski definition) is 1. The lowest BCUT2D eigenvalue weighted by molar-refractivity contribution is 0.342. The summed E-state index contributed by atoms with van der Waals surface area (Å²) >= 11 is 0. The smallest absolute Gasteiger partial charge is 0.142 e. The van der Waals surface area contributed by atoms with Gasteiger partial charge >= 0.3 is 0 Å². The molecule has 0 aliphatic carbocycles. The SMILES string of the molecule is CCOc1ccccc1Nc1nc(C(C)C)nc2ccccc12. The second-order valence-electron chi connectivity index (χ2n) is 5.66. The average molecular weight is 307 g/mol. The third-order valence-electron chi connectivity index (χ3n) is 3.58. The molecule has 23 heavy (non-hydrogen) atoms. The molecule has 0 radical (unpaired) electrons. The van der Waals surface area contributed by atoms with Gasteiger partial charge in [0.1, 0.15) is 17.4 Å². The molecule has 0 aliphatic rings. The number of anilines is 2. The van der Waals surface area contributed by atoms with Crippen molar-refractivity contribution >= 4 is 22.4 Å². The van der Waals surface area contributed by atoms with Crippen LogP contribution < -0.4 is 10.1 Å². The minimum Gasteiger partial charge on any atom is -0.492 e. The van der Waals surface area contributed by atoms with Crippen molar-refractivity contribution in [1.82, 2.24) is 9.97 Å². The van der Waals surface area contributed by atoms with Gasteiger partial charge in [-0.25, -0.2) is 9.97 Å². The largest absolute Gasteiger partial charge is 0.492 e. The summed E-state index contributed by atoms with van der Waals surface area (Å²) in [7, 11) is 0. The van der Waals surface area contributed by atoms with Gasteiger partial charge in [0.15, 0.2) is 0 Å². The normalized spacial score (nSPS) is 11.0. The zero-order valence-electron chi connectivity index (χ0n) is 13.7. The van der Waals surface area contributed by atoms with E-state index in [4.69, 9.17) is 9.72 Å². The highest BCUT2D eigenvalue weighted by atomic mass is 16.5. The molecule has 1 aromatic heterocycles. The van der Waals surface area contributed by atoms with E-state index >= 15 is 0 Å². The van der Waals surface area contributed by atoms with E-state index in [1.54, 1.807) is 0 Å². The first-order valence-corrected chi connectivity index (χ1v) is 7.94. The standard InChI is InChI=1S/C19H21N3O/c1-4-23-17-12-8-7-11-16(17)21-19-14-9-5-6-10-15(14)20-18(22-19)13(2)3/h5-13H,4H2,1-3H3,(H,20,21,22). The molecule has 0 fully saturated rings. The summed E-state index contributed by atoms with van der Waals surface area (Å²) in [5.74, 6) is 2.73. The van der Waals surface area contributed by atoms with Crippen LogP contribution in [0.3, 0.4) is 0 Å². The molecule has 0 unspecified atom stereocenters. The Kier molecular flexibility index (Phi) is 4.42. The fraction of sp³-hybridized carbons (Fsp3) is 0.263. The Bertz CT molecular complexity index is 815. The summed E-state index contributed by atoms with van der Waals surface area (Å²) in [6.45, 7) is 6.80. The van der Waals surface area contributed by atoms with Crippen LogP contribution in [0.4, 0.5) is 11.5 Å². The highest BCUT2D eigenvalue weighted by Gasteiger charge is 2.12. The molecule has 118 valence electrons. The van der Waals surface area contributed by atoms with Crippen molar-refractivity contribution in [3.8, 4) is 5.75 Å². The maximum absolute atomic E-state index is 5.69. The van der Waals surface area contributed by atoms with Crippen molar-refractivity contribution in [1.29, 1.82) is 0 Å². The number of ether oxygens (including phenoxy) is 1. The number of aromatic nitrogens is 2. The van der Waals surface area contributed by atoms with Gasteiger partial charge in [-0.3, -0.25) is 0 Å². The van der Waals surface area contributed by atoms with Crippen molar-refractivity contribution in [2.24, 2.45) is 0 Å². The van der Waals surface area contributed by atoms with Gasteiger partial charge in [-0.1, -0.05) is 38.1 Å². The average Bonchev–Trinajstić information content (AvgIpc) is 2.56. The van der Waals surface area contributed by atoms with Crippen molar-refractivity contribution in [2.75, 3.05) is 11.9 Å². The lowest BCUT2D eigenvalue weighted by Crippen LogP contribution is -2.04. The highest BCUT2D eigenvalue weighted by Crippen LogP contribution is 2.30. The molecule has 1 heterocycles. The summed E-state index contributed by atoms with van der Waals surface area (Å²) in [5, 5.41) is 4.42. The highest BCUT2D eigenvalue weighted by molar-refractivity contribution is 5.91. The number of benzene rings is 2. The Hall–Kier alpha value is -2.62. The first-order chi connectivity index (χ1) is 11.2. The topological polar surface area (TPSA) is 47.0 Å². The number of fused-ring (bicyclic) bond motifs is 1. The second-order valence-corrected chi connectivity index (χ2v) is 5.66. The molecule has 0 bridgehead atoms. The number of nitrogens with zero attached hydrogens (tertiary/aromatic N) is 2. The van der Waals surface area contributed by atoms with Crippen LogP contribution in [0.15, 0.2) is 48.5 Å². The molecule has 0 amide bonds. The summed E-state index contributed by atoms with van der Waals surface area (Å²) in [5.41, 5.74) is 1.86. The Morgan fingerprint density at radius 2 is 1.74 bits per heavy atom. The van der Waals surface area contributed by atoms with Gasteiger partial charge in [-0.15, -0.1) is 0 Å². The summed E-state index contributed by atoms with van der Waals surface area (Å²) < 4.78 is 5.69. The molecule has 0 atom stereocenters. The predicted octanol–water partition coefficient (Wildman–Crippen LogP) is 4.90. The lowest BCUT2D eigenvalue weighted by atomic mass is 10.1. The van der Waals surface area contributed by atoms with Gasteiger partial charge in [0.2, 0.25) is 0 Å². The number of para-hydroxylation sites is 3. The Morgan fingerprint density at radius 1 is 1.00 bits per heavy atom. The van der Waals surface area contributed by atoms with Crippen molar-refractivity contribution in [3.05, 3.63) is 54.4 Å². The second kappa shape index (κ2) is 6.65. The van der Waals surface area contributed by atoms with Crippen LogP contribution in [0.1, 0.15) is 32.5 Å². The predicted molar refractivity (Wildman–Crippen MR) is 94.5 cm³/mol. The van der Waals surface area contributed by atoms with E-state index in [0.29, 0.717) is 6.61 Å². The fourth-order valence-electron chi connectivity index (χ4n) is 2.43. The summed E-state index contributed by atoms with van der Waals surface area (Å²) in [6, 6.07) is 16.0. The number of rotatable bonds is 5. The Balaban J connectivity index is 2.09. The van der Waals surface area contributed by atoms with Crippen LogP contribution in [-0.2, 0) is 0 Å². The van der Waals surface area contributed by atoms with E-state index in [-0.39, 0.29) is 5.92 Å². The Labute approximate surface area is 136 Å². The molecule has 2 aromatic carbocycles. The molecule has 3 aromatic rings. The van der Waals surface area contributed by atoms with Crippen molar-refractivity contribution in [3.63, 3.8) is 0 Å². The molecule has 4 nitrogen and oxygen atoms in total. The van der Waals surface area contributed by atoms with E-state index < -0.39 is 0 Å². The molecule has 0 spiro atoms. The van der Waals surface area contributed by atoms with E-state index in [1.165, 1.54) is 0 Å². The first kappa shape index (κ1) is 15.3. The maximum atomic E-state index is 5.69. The molecule has 0 saturated carbocycles. The van der Waals surface area contributed by atoms with Gasteiger partial charge in [0, 0.05) is 11.3 Å². The molecular weight excluding hydrogens is 286 g/mol. The van der Waals surface area contributed by atoms with Crippen molar-refractivity contribution in [2.45, 2.75) is 26.7 Å². The van der Waals surface area contributed by atoms with Crippen LogP contribution in [-0.4, -0.2) is 16.6 Å². The molecule has 0 saturated heterocycles. The van der Waals surface area contributed by atoms with E-state index in [1.807, 2.05) is 55.5 Å². The minimum atomic E-state index is 0.266. The zero-order chi connectivity index (χ0) is 16.2. The van der Waals surface area contributed by atoms with Crippen molar-refractivity contribution < 1.29 is 4.74 Å². The summed E-state index contributed by atoms with van der Waals surface area (Å²) in [6.07, 6.45) is 0. The zero-order valence-corrected chi connectivity index (χ0v) is 13.7. The molecular formula is C19H21N3O. The number of hydrogen-bond acceptors (Lipinski definition) is 4. The van der Waals surface area contributed by atoms with Gasteiger partial charge < -0.3 is 10.1 Å². The van der Waals surface area contributed by atoms with Gasteiger partial charge in [-0.2, -0.15) is 0 Å². The van der Waals surface area contributed by atoms with Crippen LogP contribution >= 0.6 is 0 Å².